The number of anilines is 1. The van der Waals surface area contributed by atoms with Crippen molar-refractivity contribution >= 4 is 39.6 Å². The molecule has 1 aromatic heterocycles. The number of fused-ring (bicyclic) bond motifs is 1. The molecule has 0 spiro atoms. The standard InChI is InChI=1S/C29H30N6O4/c1-32-14-16-34(17-15-32)19-26(36)33(2)22-10-8-21(9-11-22)30-28(20-6-4-3-5-7-20)27-24-18-23(35(38)39)12-13-25(24)31-29(27)37/h3-13,18,31,37H,14-17,19H2,1-2H3. The molecule has 0 aliphatic carbocycles. The summed E-state index contributed by atoms with van der Waals surface area (Å²) in [5, 5.41) is 22.8. The van der Waals surface area contributed by atoms with Gasteiger partial charge in [0.25, 0.3) is 5.69 Å². The number of hydrogen-bond donors (Lipinski definition) is 2. The lowest BCUT2D eigenvalue weighted by Gasteiger charge is -2.32. The lowest BCUT2D eigenvalue weighted by molar-refractivity contribution is -0.384. The predicted molar refractivity (Wildman–Crippen MR) is 152 cm³/mol. The Morgan fingerprint density at radius 1 is 1.05 bits per heavy atom. The molecular weight excluding hydrogens is 496 g/mol. The number of amides is 1. The number of nitro benzene ring substituents is 1. The average Bonchev–Trinajstić information content (AvgIpc) is 3.28. The van der Waals surface area contributed by atoms with E-state index in [0.717, 1.165) is 37.4 Å². The van der Waals surface area contributed by atoms with Crippen LogP contribution in [0.5, 0.6) is 5.88 Å². The number of aromatic hydroxyl groups is 1. The molecule has 10 heteroatoms. The van der Waals surface area contributed by atoms with Crippen molar-refractivity contribution in [3.8, 4) is 5.88 Å². The molecule has 0 unspecified atom stereocenters. The van der Waals surface area contributed by atoms with Gasteiger partial charge in [-0.15, -0.1) is 0 Å². The van der Waals surface area contributed by atoms with Crippen molar-refractivity contribution in [1.29, 1.82) is 0 Å². The molecule has 0 radical (unpaired) electrons. The zero-order chi connectivity index (χ0) is 27.5. The van der Waals surface area contributed by atoms with Crippen molar-refractivity contribution in [1.82, 2.24) is 14.8 Å². The molecule has 39 heavy (non-hydrogen) atoms. The van der Waals surface area contributed by atoms with Gasteiger partial charge in [0.05, 0.1) is 28.4 Å². The summed E-state index contributed by atoms with van der Waals surface area (Å²) >= 11 is 0. The highest BCUT2D eigenvalue weighted by Crippen LogP contribution is 2.34. The van der Waals surface area contributed by atoms with Crippen LogP contribution in [0.2, 0.25) is 0 Å². The third kappa shape index (κ3) is 5.66. The van der Waals surface area contributed by atoms with Crippen molar-refractivity contribution in [2.75, 3.05) is 51.7 Å². The Kier molecular flexibility index (Phi) is 7.40. The molecular formula is C29H30N6O4. The van der Waals surface area contributed by atoms with E-state index < -0.39 is 4.92 Å². The highest BCUT2D eigenvalue weighted by atomic mass is 16.6. The SMILES string of the molecule is CN1CCN(CC(=O)N(C)c2ccc(N=C(c3ccccc3)c3c(O)[nH]c4ccc([N+](=O)[O-])cc34)cc2)CC1. The first-order valence-electron chi connectivity index (χ1n) is 12.7. The van der Waals surface area contributed by atoms with Gasteiger partial charge in [-0.25, -0.2) is 4.99 Å². The fourth-order valence-electron chi connectivity index (χ4n) is 4.71. The van der Waals surface area contributed by atoms with Crippen molar-refractivity contribution in [2.45, 2.75) is 0 Å². The molecule has 1 aliphatic rings. The Morgan fingerprint density at radius 3 is 2.41 bits per heavy atom. The molecule has 1 saturated heterocycles. The third-order valence-electron chi connectivity index (χ3n) is 7.06. The van der Waals surface area contributed by atoms with Crippen molar-refractivity contribution < 1.29 is 14.8 Å². The molecule has 1 aliphatic heterocycles. The van der Waals surface area contributed by atoms with Crippen LogP contribution in [0.3, 0.4) is 0 Å². The van der Waals surface area contributed by atoms with E-state index in [1.807, 2.05) is 54.6 Å². The number of nitrogens with zero attached hydrogens (tertiary/aromatic N) is 5. The highest BCUT2D eigenvalue weighted by molar-refractivity contribution is 6.22. The number of H-pyrrole nitrogens is 1. The van der Waals surface area contributed by atoms with Crippen LogP contribution < -0.4 is 4.90 Å². The summed E-state index contributed by atoms with van der Waals surface area (Å²) in [6, 6.07) is 21.0. The van der Waals surface area contributed by atoms with Gasteiger partial charge in [-0.1, -0.05) is 30.3 Å². The Hall–Kier alpha value is -4.54. The fraction of sp³-hybridized carbons (Fsp3) is 0.241. The molecule has 0 atom stereocenters. The second-order valence-corrected chi connectivity index (χ2v) is 9.71. The summed E-state index contributed by atoms with van der Waals surface area (Å²) in [6.45, 7) is 4.01. The number of likely N-dealkylation sites (N-methyl/N-ethyl adjacent to an activating group) is 2. The number of non-ortho nitro benzene ring substituents is 1. The molecule has 200 valence electrons. The lowest BCUT2D eigenvalue weighted by Crippen LogP contribution is -2.48. The van der Waals surface area contributed by atoms with Crippen LogP contribution in [-0.2, 0) is 4.79 Å². The van der Waals surface area contributed by atoms with E-state index in [2.05, 4.69) is 21.8 Å². The summed E-state index contributed by atoms with van der Waals surface area (Å²) in [5.74, 6) is -0.106. The van der Waals surface area contributed by atoms with Gasteiger partial charge in [-0.3, -0.25) is 19.8 Å². The Morgan fingerprint density at radius 2 is 1.74 bits per heavy atom. The van der Waals surface area contributed by atoms with Crippen molar-refractivity contribution in [3.63, 3.8) is 0 Å². The van der Waals surface area contributed by atoms with Crippen LogP contribution in [-0.4, -0.2) is 83.3 Å². The van der Waals surface area contributed by atoms with E-state index in [0.29, 0.717) is 34.4 Å². The Labute approximate surface area is 225 Å². The maximum absolute atomic E-state index is 12.9. The number of aromatic nitrogens is 1. The minimum atomic E-state index is -0.465. The number of aliphatic imine (C=N–C) groups is 1. The first-order chi connectivity index (χ1) is 18.8. The molecule has 0 saturated carbocycles. The number of hydrogen-bond acceptors (Lipinski definition) is 7. The maximum Gasteiger partial charge on any atom is 0.270 e. The molecule has 0 bridgehead atoms. The zero-order valence-electron chi connectivity index (χ0n) is 21.9. The van der Waals surface area contributed by atoms with Crippen molar-refractivity contribution in [3.05, 3.63) is 94.0 Å². The molecule has 2 N–H and O–H groups in total. The number of nitrogens with one attached hydrogen (secondary N) is 1. The van der Waals surface area contributed by atoms with Gasteiger partial charge >= 0.3 is 0 Å². The van der Waals surface area contributed by atoms with E-state index in [9.17, 15) is 20.0 Å². The zero-order valence-corrected chi connectivity index (χ0v) is 21.9. The molecule has 5 rings (SSSR count). The minimum absolute atomic E-state index is 0.0195. The predicted octanol–water partition coefficient (Wildman–Crippen LogP) is 4.16. The monoisotopic (exact) mass is 526 g/mol. The highest BCUT2D eigenvalue weighted by Gasteiger charge is 2.22. The average molecular weight is 527 g/mol. The molecule has 10 nitrogen and oxygen atoms in total. The number of aromatic amines is 1. The molecule has 4 aromatic rings. The van der Waals surface area contributed by atoms with Gasteiger partial charge in [-0.05, 0) is 37.4 Å². The molecule has 2 heterocycles. The number of benzene rings is 3. The van der Waals surface area contributed by atoms with Crippen LogP contribution >= 0.6 is 0 Å². The van der Waals surface area contributed by atoms with Gasteiger partial charge in [0.2, 0.25) is 5.91 Å². The van der Waals surface area contributed by atoms with E-state index >= 15 is 0 Å². The molecule has 1 amide bonds. The van der Waals surface area contributed by atoms with Crippen LogP contribution in [0.15, 0.2) is 77.8 Å². The summed E-state index contributed by atoms with van der Waals surface area (Å²) in [4.78, 5) is 37.7. The normalized spacial score (nSPS) is 15.0. The lowest BCUT2D eigenvalue weighted by atomic mass is 10.0. The number of carbonyl (C=O) groups excluding carboxylic acids is 1. The van der Waals surface area contributed by atoms with Gasteiger partial charge < -0.3 is 19.9 Å². The smallest absolute Gasteiger partial charge is 0.270 e. The summed E-state index contributed by atoms with van der Waals surface area (Å²) < 4.78 is 0. The fourth-order valence-corrected chi connectivity index (χ4v) is 4.71. The van der Waals surface area contributed by atoms with Gasteiger partial charge in [0.15, 0.2) is 5.88 Å². The van der Waals surface area contributed by atoms with Crippen LogP contribution in [0.4, 0.5) is 17.1 Å². The van der Waals surface area contributed by atoms with Crippen LogP contribution in [0.25, 0.3) is 10.9 Å². The first kappa shape index (κ1) is 26.1. The first-order valence-corrected chi connectivity index (χ1v) is 12.7. The number of nitro groups is 1. The largest absolute Gasteiger partial charge is 0.494 e. The second kappa shape index (κ2) is 11.1. The van der Waals surface area contributed by atoms with E-state index in [1.165, 1.54) is 12.1 Å². The van der Waals surface area contributed by atoms with Crippen molar-refractivity contribution in [2.24, 2.45) is 4.99 Å². The van der Waals surface area contributed by atoms with Gasteiger partial charge in [0.1, 0.15) is 0 Å². The van der Waals surface area contributed by atoms with Crippen LogP contribution in [0.1, 0.15) is 11.1 Å². The van der Waals surface area contributed by atoms with E-state index in [1.54, 1.807) is 18.0 Å². The van der Waals surface area contributed by atoms with Gasteiger partial charge in [0, 0.05) is 67.5 Å². The van der Waals surface area contributed by atoms with Crippen LogP contribution in [0, 0.1) is 10.1 Å². The summed E-state index contributed by atoms with van der Waals surface area (Å²) in [7, 11) is 3.85. The molecule has 1 fully saturated rings. The Bertz CT molecular complexity index is 1520. The number of piperazine rings is 1. The molecule has 3 aromatic carbocycles. The number of rotatable bonds is 7. The maximum atomic E-state index is 12.9. The Balaban J connectivity index is 1.46. The third-order valence-corrected chi connectivity index (χ3v) is 7.06. The van der Waals surface area contributed by atoms with E-state index in [4.69, 9.17) is 4.99 Å². The van der Waals surface area contributed by atoms with E-state index in [-0.39, 0.29) is 17.5 Å². The topological polar surface area (TPSA) is 118 Å². The quantitative estimate of drug-likeness (QED) is 0.212. The summed E-state index contributed by atoms with van der Waals surface area (Å²) in [6.07, 6.45) is 0. The summed E-state index contributed by atoms with van der Waals surface area (Å²) in [5.41, 5.74) is 3.42. The number of carbonyl (C=O) groups is 1. The second-order valence-electron chi connectivity index (χ2n) is 9.71. The van der Waals surface area contributed by atoms with Gasteiger partial charge in [-0.2, -0.15) is 0 Å². The minimum Gasteiger partial charge on any atom is -0.494 e.